The molecule has 116 valence electrons. The Labute approximate surface area is 130 Å². The molecule has 0 radical (unpaired) electrons. The Hall–Kier alpha value is -1.59. The Morgan fingerprint density at radius 1 is 1.33 bits per heavy atom. The molecular formula is C15H22ClN3O2. The number of nitrogens with two attached hydrogens (primary N) is 2. The summed E-state index contributed by atoms with van der Waals surface area (Å²) < 4.78 is 0. The van der Waals surface area contributed by atoms with E-state index >= 15 is 0 Å². The van der Waals surface area contributed by atoms with Crippen LogP contribution < -0.4 is 16.8 Å². The van der Waals surface area contributed by atoms with Crippen LogP contribution in [-0.4, -0.2) is 18.4 Å². The molecule has 0 bridgehead atoms. The summed E-state index contributed by atoms with van der Waals surface area (Å²) in [6.07, 6.45) is 3.16. The van der Waals surface area contributed by atoms with Gasteiger partial charge in [-0.25, -0.2) is 0 Å². The molecule has 1 aromatic carbocycles. The minimum absolute atomic E-state index is 0.0942. The van der Waals surface area contributed by atoms with Gasteiger partial charge in [-0.3, -0.25) is 9.59 Å². The molecule has 2 amide bonds. The number of benzene rings is 1. The van der Waals surface area contributed by atoms with Crippen molar-refractivity contribution in [1.29, 1.82) is 0 Å². The number of hydrogen-bond acceptors (Lipinski definition) is 3. The lowest BCUT2D eigenvalue weighted by atomic mass is 9.96. The highest BCUT2D eigenvalue weighted by Gasteiger charge is 2.11. The molecule has 0 aliphatic rings. The van der Waals surface area contributed by atoms with Crippen molar-refractivity contribution in [1.82, 2.24) is 0 Å². The summed E-state index contributed by atoms with van der Waals surface area (Å²) in [5, 5.41) is 3.02. The highest BCUT2D eigenvalue weighted by Crippen LogP contribution is 2.21. The molecule has 0 heterocycles. The van der Waals surface area contributed by atoms with Crippen LogP contribution in [0.4, 0.5) is 5.69 Å². The lowest BCUT2D eigenvalue weighted by molar-refractivity contribution is -0.116. The van der Waals surface area contributed by atoms with Gasteiger partial charge in [0.2, 0.25) is 11.8 Å². The van der Waals surface area contributed by atoms with Crippen molar-refractivity contribution in [3.8, 4) is 0 Å². The monoisotopic (exact) mass is 311 g/mol. The maximum Gasteiger partial charge on any atom is 0.250 e. The predicted molar refractivity (Wildman–Crippen MR) is 85.3 cm³/mol. The molecule has 0 aliphatic heterocycles. The van der Waals surface area contributed by atoms with Gasteiger partial charge in [-0.1, -0.05) is 24.9 Å². The SMILES string of the molecule is CCC(CCN)CCC(=O)Nc1ccc(Cl)c(C(N)=O)c1. The summed E-state index contributed by atoms with van der Waals surface area (Å²) >= 11 is 5.86. The van der Waals surface area contributed by atoms with Crippen LogP contribution in [-0.2, 0) is 4.79 Å². The molecule has 0 aliphatic carbocycles. The van der Waals surface area contributed by atoms with E-state index in [2.05, 4.69) is 12.2 Å². The van der Waals surface area contributed by atoms with E-state index < -0.39 is 5.91 Å². The van der Waals surface area contributed by atoms with E-state index in [9.17, 15) is 9.59 Å². The fourth-order valence-corrected chi connectivity index (χ4v) is 2.35. The second-order valence-corrected chi connectivity index (χ2v) is 5.40. The Morgan fingerprint density at radius 2 is 2.05 bits per heavy atom. The zero-order valence-corrected chi connectivity index (χ0v) is 13.0. The van der Waals surface area contributed by atoms with Crippen LogP contribution >= 0.6 is 11.6 Å². The fourth-order valence-electron chi connectivity index (χ4n) is 2.14. The molecule has 5 nitrogen and oxygen atoms in total. The van der Waals surface area contributed by atoms with Gasteiger partial charge >= 0.3 is 0 Å². The molecule has 0 fully saturated rings. The van der Waals surface area contributed by atoms with Crippen LogP contribution in [0, 0.1) is 5.92 Å². The summed E-state index contributed by atoms with van der Waals surface area (Å²) in [7, 11) is 0. The van der Waals surface area contributed by atoms with Gasteiger partial charge < -0.3 is 16.8 Å². The molecular weight excluding hydrogens is 290 g/mol. The first-order valence-corrected chi connectivity index (χ1v) is 7.45. The minimum atomic E-state index is -0.620. The molecule has 0 aromatic heterocycles. The predicted octanol–water partition coefficient (Wildman–Crippen LogP) is 2.53. The molecule has 1 rings (SSSR count). The molecule has 0 saturated heterocycles. The fraction of sp³-hybridized carbons (Fsp3) is 0.467. The third kappa shape index (κ3) is 5.73. The van der Waals surface area contributed by atoms with Crippen LogP contribution in [0.15, 0.2) is 18.2 Å². The van der Waals surface area contributed by atoms with Crippen molar-refractivity contribution < 1.29 is 9.59 Å². The third-order valence-corrected chi connectivity index (χ3v) is 3.78. The first-order valence-electron chi connectivity index (χ1n) is 7.07. The van der Waals surface area contributed by atoms with Gasteiger partial charge in [0.05, 0.1) is 10.6 Å². The highest BCUT2D eigenvalue weighted by atomic mass is 35.5. The van der Waals surface area contributed by atoms with Gasteiger partial charge in [-0.2, -0.15) is 0 Å². The minimum Gasteiger partial charge on any atom is -0.366 e. The van der Waals surface area contributed by atoms with E-state index in [0.717, 1.165) is 19.3 Å². The normalized spacial score (nSPS) is 12.0. The zero-order valence-electron chi connectivity index (χ0n) is 12.2. The first kappa shape index (κ1) is 17.5. The Balaban J connectivity index is 2.59. The zero-order chi connectivity index (χ0) is 15.8. The molecule has 0 saturated carbocycles. The highest BCUT2D eigenvalue weighted by molar-refractivity contribution is 6.33. The van der Waals surface area contributed by atoms with E-state index in [1.165, 1.54) is 6.07 Å². The van der Waals surface area contributed by atoms with Crippen LogP contribution in [0.1, 0.15) is 43.0 Å². The van der Waals surface area contributed by atoms with Gasteiger partial charge in [0.1, 0.15) is 0 Å². The van der Waals surface area contributed by atoms with E-state index in [1.54, 1.807) is 12.1 Å². The quantitative estimate of drug-likeness (QED) is 0.688. The maximum atomic E-state index is 11.9. The van der Waals surface area contributed by atoms with Crippen molar-refractivity contribution in [3.05, 3.63) is 28.8 Å². The number of anilines is 1. The summed E-state index contributed by atoms with van der Waals surface area (Å²) in [5.74, 6) is -0.250. The molecule has 1 unspecified atom stereocenters. The standard InChI is InChI=1S/C15H22ClN3O2/c1-2-10(7-8-17)3-6-14(20)19-11-4-5-13(16)12(9-11)15(18)21/h4-5,9-10H,2-3,6-8,17H2,1H3,(H2,18,21)(H,19,20). The number of amides is 2. The largest absolute Gasteiger partial charge is 0.366 e. The summed E-state index contributed by atoms with van der Waals surface area (Å²) in [5.41, 5.74) is 11.5. The van der Waals surface area contributed by atoms with E-state index in [-0.39, 0.29) is 16.5 Å². The second kappa shape index (κ2) is 8.64. The van der Waals surface area contributed by atoms with E-state index in [0.29, 0.717) is 24.6 Å². The molecule has 1 atom stereocenters. The van der Waals surface area contributed by atoms with Crippen molar-refractivity contribution in [2.75, 3.05) is 11.9 Å². The third-order valence-electron chi connectivity index (χ3n) is 3.45. The Morgan fingerprint density at radius 3 is 2.62 bits per heavy atom. The number of primary amides is 1. The Kier molecular flexibility index (Phi) is 7.19. The number of nitrogens with one attached hydrogen (secondary N) is 1. The summed E-state index contributed by atoms with van der Waals surface area (Å²) in [6.45, 7) is 2.73. The van der Waals surface area contributed by atoms with Gasteiger partial charge in [0.25, 0.3) is 0 Å². The number of carbonyl (C=O) groups is 2. The molecule has 0 spiro atoms. The van der Waals surface area contributed by atoms with Crippen LogP contribution in [0.25, 0.3) is 0 Å². The second-order valence-electron chi connectivity index (χ2n) is 5.00. The van der Waals surface area contributed by atoms with Crippen molar-refractivity contribution in [2.24, 2.45) is 17.4 Å². The van der Waals surface area contributed by atoms with Gasteiger partial charge in [0.15, 0.2) is 0 Å². The van der Waals surface area contributed by atoms with Crippen LogP contribution in [0.2, 0.25) is 5.02 Å². The lowest BCUT2D eigenvalue weighted by Crippen LogP contribution is -2.16. The van der Waals surface area contributed by atoms with E-state index in [4.69, 9.17) is 23.1 Å². The van der Waals surface area contributed by atoms with Crippen LogP contribution in [0.3, 0.4) is 0 Å². The number of carbonyl (C=O) groups excluding carboxylic acids is 2. The van der Waals surface area contributed by atoms with Gasteiger partial charge in [-0.05, 0) is 43.5 Å². The van der Waals surface area contributed by atoms with Gasteiger partial charge in [-0.15, -0.1) is 0 Å². The average molecular weight is 312 g/mol. The number of halogens is 1. The molecule has 5 N–H and O–H groups in total. The molecule has 21 heavy (non-hydrogen) atoms. The maximum absolute atomic E-state index is 11.9. The Bertz CT molecular complexity index is 506. The summed E-state index contributed by atoms with van der Waals surface area (Å²) in [6, 6.07) is 4.67. The van der Waals surface area contributed by atoms with Gasteiger partial charge in [0, 0.05) is 12.1 Å². The number of hydrogen-bond donors (Lipinski definition) is 3. The molecule has 1 aromatic rings. The van der Waals surface area contributed by atoms with Crippen molar-refractivity contribution in [2.45, 2.75) is 32.6 Å². The van der Waals surface area contributed by atoms with Crippen molar-refractivity contribution >= 4 is 29.1 Å². The lowest BCUT2D eigenvalue weighted by Gasteiger charge is -2.13. The molecule has 6 heteroatoms. The topological polar surface area (TPSA) is 98.2 Å². The first-order chi connectivity index (χ1) is 9.97. The summed E-state index contributed by atoms with van der Waals surface area (Å²) in [4.78, 5) is 23.1. The van der Waals surface area contributed by atoms with Crippen molar-refractivity contribution in [3.63, 3.8) is 0 Å². The average Bonchev–Trinajstić information content (AvgIpc) is 2.45. The smallest absolute Gasteiger partial charge is 0.250 e. The number of rotatable bonds is 8. The van der Waals surface area contributed by atoms with Crippen LogP contribution in [0.5, 0.6) is 0 Å². The van der Waals surface area contributed by atoms with E-state index in [1.807, 2.05) is 0 Å².